The highest BCUT2D eigenvalue weighted by Gasteiger charge is 2.41. The lowest BCUT2D eigenvalue weighted by atomic mass is 10.3. The van der Waals surface area contributed by atoms with Crippen LogP contribution in [0.2, 0.25) is 0 Å². The molecule has 1 rings (SSSR count). The molecule has 2 nitrogen and oxygen atoms in total. The summed E-state index contributed by atoms with van der Waals surface area (Å²) < 4.78 is 51.0. The van der Waals surface area contributed by atoms with Gasteiger partial charge in [0.05, 0.1) is 9.26 Å². The number of halogens is 5. The Morgan fingerprint density at radius 1 is 1.40 bits per heavy atom. The third-order valence-electron chi connectivity index (χ3n) is 1.97. The Morgan fingerprint density at radius 2 is 1.93 bits per heavy atom. The van der Waals surface area contributed by atoms with Gasteiger partial charge in [-0.15, -0.1) is 0 Å². The zero-order chi connectivity index (χ0) is 11.8. The zero-order valence-corrected chi connectivity index (χ0v) is 10.2. The molecule has 7 heteroatoms. The van der Waals surface area contributed by atoms with Gasteiger partial charge in [0, 0.05) is 5.69 Å². The van der Waals surface area contributed by atoms with Crippen LogP contribution in [0, 0.1) is 17.4 Å². The third kappa shape index (κ3) is 2.61. The van der Waals surface area contributed by atoms with Gasteiger partial charge in [0.1, 0.15) is 6.54 Å². The van der Waals surface area contributed by atoms with Crippen molar-refractivity contribution in [2.24, 2.45) is 0 Å². The Morgan fingerprint density at radius 3 is 2.27 bits per heavy atom. The SMILES string of the molecule is Cc1nn(CC(F)(F)C(F)F)c(C)c1I. The maximum absolute atomic E-state index is 12.7. The van der Waals surface area contributed by atoms with Crippen molar-refractivity contribution >= 4 is 22.6 Å². The van der Waals surface area contributed by atoms with Crippen LogP contribution < -0.4 is 0 Å². The molecule has 0 amide bonds. The molecular formula is C8H9F4IN2. The first-order valence-electron chi connectivity index (χ1n) is 4.11. The van der Waals surface area contributed by atoms with E-state index in [0.717, 1.165) is 8.25 Å². The van der Waals surface area contributed by atoms with Crippen LogP contribution in [-0.4, -0.2) is 22.1 Å². The monoisotopic (exact) mass is 336 g/mol. The van der Waals surface area contributed by atoms with Gasteiger partial charge in [-0.05, 0) is 36.4 Å². The standard InChI is InChI=1S/C8H9F4IN2/c1-4-6(13)5(2)15(14-4)3-8(11,12)7(9)10/h7H,3H2,1-2H3. The van der Waals surface area contributed by atoms with E-state index in [0.29, 0.717) is 11.4 Å². The van der Waals surface area contributed by atoms with Crippen molar-refractivity contribution in [1.29, 1.82) is 0 Å². The Bertz CT molecular complexity index is 362. The predicted molar refractivity (Wildman–Crippen MR) is 55.4 cm³/mol. The lowest BCUT2D eigenvalue weighted by Crippen LogP contribution is -2.33. The lowest BCUT2D eigenvalue weighted by Gasteiger charge is -2.15. The normalized spacial score (nSPS) is 12.5. The Labute approximate surface area is 97.8 Å². The summed E-state index contributed by atoms with van der Waals surface area (Å²) in [6.07, 6.45) is -3.67. The quantitative estimate of drug-likeness (QED) is 0.613. The summed E-state index contributed by atoms with van der Waals surface area (Å²) in [4.78, 5) is 0. The number of hydrogen-bond donors (Lipinski definition) is 0. The van der Waals surface area contributed by atoms with Crippen molar-refractivity contribution in [3.63, 3.8) is 0 Å². The zero-order valence-electron chi connectivity index (χ0n) is 8.07. The molecular weight excluding hydrogens is 327 g/mol. The smallest absolute Gasteiger partial charge is 0.262 e. The highest BCUT2D eigenvalue weighted by molar-refractivity contribution is 14.1. The molecule has 0 fully saturated rings. The first-order chi connectivity index (χ1) is 6.75. The van der Waals surface area contributed by atoms with Gasteiger partial charge in [-0.25, -0.2) is 8.78 Å². The van der Waals surface area contributed by atoms with Gasteiger partial charge < -0.3 is 0 Å². The van der Waals surface area contributed by atoms with E-state index in [1.54, 1.807) is 13.8 Å². The van der Waals surface area contributed by atoms with E-state index in [1.165, 1.54) is 0 Å². The molecule has 0 atom stereocenters. The molecule has 0 bridgehead atoms. The van der Waals surface area contributed by atoms with E-state index < -0.39 is 18.9 Å². The minimum atomic E-state index is -4.04. The molecule has 0 aromatic carbocycles. The fourth-order valence-electron chi connectivity index (χ4n) is 1.10. The minimum Gasteiger partial charge on any atom is -0.262 e. The number of rotatable bonds is 3. The van der Waals surface area contributed by atoms with Gasteiger partial charge in [-0.2, -0.15) is 13.9 Å². The van der Waals surface area contributed by atoms with Crippen molar-refractivity contribution in [2.75, 3.05) is 0 Å². The number of aryl methyl sites for hydroxylation is 1. The molecule has 1 heterocycles. The van der Waals surface area contributed by atoms with Crippen molar-refractivity contribution in [1.82, 2.24) is 9.78 Å². The summed E-state index contributed by atoms with van der Waals surface area (Å²) in [5.74, 6) is -4.04. The average molecular weight is 336 g/mol. The van der Waals surface area contributed by atoms with Gasteiger partial charge in [0.15, 0.2) is 0 Å². The first kappa shape index (κ1) is 12.7. The highest BCUT2D eigenvalue weighted by atomic mass is 127. The van der Waals surface area contributed by atoms with E-state index in [-0.39, 0.29) is 0 Å². The molecule has 0 radical (unpaired) electrons. The molecule has 0 spiro atoms. The summed E-state index contributed by atoms with van der Waals surface area (Å²) in [5.41, 5.74) is 1.05. The maximum Gasteiger partial charge on any atom is 0.326 e. The van der Waals surface area contributed by atoms with E-state index in [2.05, 4.69) is 5.10 Å². The van der Waals surface area contributed by atoms with Crippen LogP contribution in [0.25, 0.3) is 0 Å². The van der Waals surface area contributed by atoms with Gasteiger partial charge in [0.25, 0.3) is 0 Å². The second kappa shape index (κ2) is 4.26. The highest BCUT2D eigenvalue weighted by Crippen LogP contribution is 2.26. The molecule has 1 aromatic rings. The third-order valence-corrected chi connectivity index (χ3v) is 3.53. The fraction of sp³-hybridized carbons (Fsp3) is 0.625. The van der Waals surface area contributed by atoms with E-state index in [1.807, 2.05) is 22.6 Å². The minimum absolute atomic E-state index is 0.480. The van der Waals surface area contributed by atoms with Crippen LogP contribution in [0.5, 0.6) is 0 Å². The van der Waals surface area contributed by atoms with Crippen LogP contribution in [0.1, 0.15) is 11.4 Å². The molecule has 0 N–H and O–H groups in total. The summed E-state index contributed by atoms with van der Waals surface area (Å²) in [7, 11) is 0. The lowest BCUT2D eigenvalue weighted by molar-refractivity contribution is -0.139. The summed E-state index contributed by atoms with van der Waals surface area (Å²) >= 11 is 1.94. The predicted octanol–water partition coefficient (Wildman–Crippen LogP) is 3.00. The number of alkyl halides is 4. The molecule has 0 saturated carbocycles. The Hall–Kier alpha value is -0.340. The summed E-state index contributed by atoms with van der Waals surface area (Å²) in [5, 5.41) is 3.77. The summed E-state index contributed by atoms with van der Waals surface area (Å²) in [6, 6.07) is 0. The van der Waals surface area contributed by atoms with Crippen molar-refractivity contribution < 1.29 is 17.6 Å². The molecule has 1 aromatic heterocycles. The largest absolute Gasteiger partial charge is 0.326 e. The van der Waals surface area contributed by atoms with Crippen LogP contribution in [0.4, 0.5) is 17.6 Å². The van der Waals surface area contributed by atoms with Crippen LogP contribution in [-0.2, 0) is 6.54 Å². The first-order valence-corrected chi connectivity index (χ1v) is 5.19. The second-order valence-electron chi connectivity index (χ2n) is 3.20. The molecule has 0 aliphatic heterocycles. The van der Waals surface area contributed by atoms with Crippen LogP contribution in [0.15, 0.2) is 0 Å². The maximum atomic E-state index is 12.7. The Balaban J connectivity index is 2.95. The number of nitrogens with zero attached hydrogens (tertiary/aromatic N) is 2. The van der Waals surface area contributed by atoms with Crippen molar-refractivity contribution in [3.05, 3.63) is 15.0 Å². The fourth-order valence-corrected chi connectivity index (χ4v) is 1.48. The molecule has 0 aliphatic rings. The van der Waals surface area contributed by atoms with Crippen LogP contribution >= 0.6 is 22.6 Å². The molecule has 15 heavy (non-hydrogen) atoms. The second-order valence-corrected chi connectivity index (χ2v) is 4.28. The van der Waals surface area contributed by atoms with Crippen molar-refractivity contribution in [2.45, 2.75) is 32.7 Å². The average Bonchev–Trinajstić information content (AvgIpc) is 2.33. The topological polar surface area (TPSA) is 17.8 Å². The van der Waals surface area contributed by atoms with Crippen molar-refractivity contribution in [3.8, 4) is 0 Å². The molecule has 86 valence electrons. The van der Waals surface area contributed by atoms with Crippen LogP contribution in [0.3, 0.4) is 0 Å². The van der Waals surface area contributed by atoms with Gasteiger partial charge >= 0.3 is 12.3 Å². The van der Waals surface area contributed by atoms with E-state index in [4.69, 9.17) is 0 Å². The van der Waals surface area contributed by atoms with Gasteiger partial charge in [0.2, 0.25) is 0 Å². The number of aromatic nitrogens is 2. The molecule has 0 aliphatic carbocycles. The molecule has 0 saturated heterocycles. The van der Waals surface area contributed by atoms with Gasteiger partial charge in [-0.1, -0.05) is 0 Å². The van der Waals surface area contributed by atoms with E-state index in [9.17, 15) is 17.6 Å². The molecule has 0 unspecified atom stereocenters. The van der Waals surface area contributed by atoms with Gasteiger partial charge in [-0.3, -0.25) is 4.68 Å². The Kier molecular flexibility index (Phi) is 3.62. The van der Waals surface area contributed by atoms with E-state index >= 15 is 0 Å². The summed E-state index contributed by atoms with van der Waals surface area (Å²) in [6.45, 7) is 2.13. The number of hydrogen-bond acceptors (Lipinski definition) is 1.